The lowest BCUT2D eigenvalue weighted by atomic mass is 10.0. The molecule has 416 valence electrons. The Morgan fingerprint density at radius 1 is 0.282 bits per heavy atom. The molecule has 0 aromatic heterocycles. The SMILES string of the molecule is CCC/C=C\C/C=C\CCCCCCCC(=O)OCC(COC(=O)CCCCCCCCCCCCC/C=C\CCCCCCCCCC)OC(=O)CCCCCCCCCCCCCCCCCCC. The van der Waals surface area contributed by atoms with Crippen LogP contribution in [0.15, 0.2) is 36.5 Å². The number of rotatable bonds is 58. The smallest absolute Gasteiger partial charge is 0.306 e. The van der Waals surface area contributed by atoms with Crippen LogP contribution in [0.1, 0.15) is 342 Å². The van der Waals surface area contributed by atoms with E-state index >= 15 is 0 Å². The van der Waals surface area contributed by atoms with Crippen LogP contribution in [0.3, 0.4) is 0 Å². The Morgan fingerprint density at radius 3 is 0.845 bits per heavy atom. The Labute approximate surface area is 442 Å². The van der Waals surface area contributed by atoms with Crippen molar-refractivity contribution in [2.75, 3.05) is 13.2 Å². The molecule has 0 bridgehead atoms. The van der Waals surface area contributed by atoms with Crippen LogP contribution in [0, 0.1) is 0 Å². The van der Waals surface area contributed by atoms with Gasteiger partial charge in [0.1, 0.15) is 13.2 Å². The van der Waals surface area contributed by atoms with Gasteiger partial charge in [-0.1, -0.05) is 288 Å². The van der Waals surface area contributed by atoms with Crippen LogP contribution in [0.5, 0.6) is 0 Å². The number of hydrogen-bond donors (Lipinski definition) is 0. The molecule has 0 spiro atoms. The number of ether oxygens (including phenoxy) is 3. The molecule has 0 aromatic carbocycles. The van der Waals surface area contributed by atoms with Gasteiger partial charge in [0.2, 0.25) is 0 Å². The molecule has 0 saturated carbocycles. The summed E-state index contributed by atoms with van der Waals surface area (Å²) in [6.45, 7) is 6.62. The van der Waals surface area contributed by atoms with E-state index < -0.39 is 6.10 Å². The van der Waals surface area contributed by atoms with E-state index in [9.17, 15) is 14.4 Å². The summed E-state index contributed by atoms with van der Waals surface area (Å²) >= 11 is 0. The molecule has 6 heteroatoms. The quantitative estimate of drug-likeness (QED) is 0.0261. The molecule has 1 atom stereocenters. The molecule has 71 heavy (non-hydrogen) atoms. The van der Waals surface area contributed by atoms with Crippen molar-refractivity contribution in [3.8, 4) is 0 Å². The number of esters is 3. The van der Waals surface area contributed by atoms with Crippen molar-refractivity contribution in [1.82, 2.24) is 0 Å². The molecule has 0 aliphatic rings. The molecule has 0 saturated heterocycles. The van der Waals surface area contributed by atoms with Gasteiger partial charge < -0.3 is 14.2 Å². The van der Waals surface area contributed by atoms with Crippen LogP contribution in [0.2, 0.25) is 0 Å². The largest absolute Gasteiger partial charge is 0.462 e. The maximum absolute atomic E-state index is 12.9. The normalized spacial score (nSPS) is 12.2. The van der Waals surface area contributed by atoms with E-state index in [0.29, 0.717) is 19.3 Å². The number of carbonyl (C=O) groups is 3. The molecular formula is C65H120O6. The minimum atomic E-state index is -0.775. The van der Waals surface area contributed by atoms with Crippen molar-refractivity contribution in [1.29, 1.82) is 0 Å². The molecule has 0 amide bonds. The lowest BCUT2D eigenvalue weighted by molar-refractivity contribution is -0.167. The van der Waals surface area contributed by atoms with Gasteiger partial charge in [0.15, 0.2) is 6.10 Å². The first-order valence-corrected chi connectivity index (χ1v) is 31.5. The van der Waals surface area contributed by atoms with Gasteiger partial charge in [-0.15, -0.1) is 0 Å². The summed E-state index contributed by atoms with van der Waals surface area (Å²) in [5, 5.41) is 0. The van der Waals surface area contributed by atoms with E-state index in [1.54, 1.807) is 0 Å². The summed E-state index contributed by atoms with van der Waals surface area (Å²) in [5.41, 5.74) is 0. The van der Waals surface area contributed by atoms with E-state index in [1.165, 1.54) is 218 Å². The van der Waals surface area contributed by atoms with Crippen LogP contribution in [0.25, 0.3) is 0 Å². The Balaban J connectivity index is 4.27. The van der Waals surface area contributed by atoms with Crippen molar-refractivity contribution >= 4 is 17.9 Å². The number of unbranched alkanes of at least 4 members (excludes halogenated alkanes) is 41. The highest BCUT2D eigenvalue weighted by molar-refractivity contribution is 5.71. The minimum absolute atomic E-state index is 0.0730. The maximum atomic E-state index is 12.9. The standard InChI is InChI=1S/C65H120O6/c1-4-7-10-13-16-19-22-25-27-29-30-31-32-33-34-36-37-40-43-46-49-52-55-58-64(67)70-61-62(60-69-63(66)57-54-51-48-45-42-39-24-21-18-15-12-9-6-3)71-65(68)59-56-53-50-47-44-41-38-35-28-26-23-20-17-14-11-8-5-2/h12,15,21,24,29-30,62H,4-11,13-14,16-20,22-23,25-28,31-61H2,1-3H3/b15-12-,24-21-,30-29-. The van der Waals surface area contributed by atoms with Crippen molar-refractivity contribution in [2.24, 2.45) is 0 Å². The van der Waals surface area contributed by atoms with Crippen LogP contribution in [-0.2, 0) is 28.6 Å². The van der Waals surface area contributed by atoms with Gasteiger partial charge in [0.05, 0.1) is 0 Å². The van der Waals surface area contributed by atoms with Crippen molar-refractivity contribution < 1.29 is 28.6 Å². The van der Waals surface area contributed by atoms with Gasteiger partial charge in [0, 0.05) is 19.3 Å². The molecular weight excluding hydrogens is 877 g/mol. The summed E-state index contributed by atoms with van der Waals surface area (Å²) in [6, 6.07) is 0. The molecule has 0 radical (unpaired) electrons. The third kappa shape index (κ3) is 58.4. The second-order valence-electron chi connectivity index (χ2n) is 21.3. The Morgan fingerprint density at radius 2 is 0.535 bits per heavy atom. The lowest BCUT2D eigenvalue weighted by Crippen LogP contribution is -2.30. The average molecular weight is 998 g/mol. The molecule has 0 aromatic rings. The summed E-state index contributed by atoms with van der Waals surface area (Å²) in [5.74, 6) is -0.866. The fourth-order valence-electron chi connectivity index (χ4n) is 9.36. The van der Waals surface area contributed by atoms with Gasteiger partial charge in [-0.25, -0.2) is 0 Å². The lowest BCUT2D eigenvalue weighted by Gasteiger charge is -2.18. The molecule has 0 heterocycles. The van der Waals surface area contributed by atoms with Crippen LogP contribution >= 0.6 is 0 Å². The van der Waals surface area contributed by atoms with E-state index in [4.69, 9.17) is 14.2 Å². The first kappa shape index (κ1) is 68.6. The zero-order valence-electron chi connectivity index (χ0n) is 47.8. The third-order valence-corrected chi connectivity index (χ3v) is 14.1. The number of carbonyl (C=O) groups excluding carboxylic acids is 3. The van der Waals surface area contributed by atoms with Gasteiger partial charge >= 0.3 is 17.9 Å². The molecule has 0 N–H and O–H groups in total. The third-order valence-electron chi connectivity index (χ3n) is 14.1. The maximum Gasteiger partial charge on any atom is 0.306 e. The summed E-state index contributed by atoms with van der Waals surface area (Å²) in [6.07, 6.45) is 72.9. The predicted molar refractivity (Wildman–Crippen MR) is 307 cm³/mol. The van der Waals surface area contributed by atoms with Crippen molar-refractivity contribution in [3.63, 3.8) is 0 Å². The first-order valence-electron chi connectivity index (χ1n) is 31.5. The van der Waals surface area contributed by atoms with E-state index in [1.807, 2.05) is 0 Å². The molecule has 0 aliphatic heterocycles. The van der Waals surface area contributed by atoms with Crippen molar-refractivity contribution in [2.45, 2.75) is 348 Å². The highest BCUT2D eigenvalue weighted by Gasteiger charge is 2.19. The fraction of sp³-hybridized carbons (Fsp3) is 0.862. The Kier molecular flexibility index (Phi) is 58.2. The predicted octanol–water partition coefficient (Wildman–Crippen LogP) is 21.2. The minimum Gasteiger partial charge on any atom is -0.462 e. The summed E-state index contributed by atoms with van der Waals surface area (Å²) in [7, 11) is 0. The Bertz CT molecular complexity index is 1190. The van der Waals surface area contributed by atoms with Gasteiger partial charge in [-0.05, 0) is 70.6 Å². The van der Waals surface area contributed by atoms with E-state index in [0.717, 1.165) is 83.5 Å². The second-order valence-corrected chi connectivity index (χ2v) is 21.3. The van der Waals surface area contributed by atoms with E-state index in [-0.39, 0.29) is 31.1 Å². The highest BCUT2D eigenvalue weighted by atomic mass is 16.6. The molecule has 1 unspecified atom stereocenters. The first-order chi connectivity index (χ1) is 35.0. The van der Waals surface area contributed by atoms with Crippen molar-refractivity contribution in [3.05, 3.63) is 36.5 Å². The van der Waals surface area contributed by atoms with Crippen LogP contribution < -0.4 is 0 Å². The second kappa shape index (κ2) is 60.2. The number of hydrogen-bond acceptors (Lipinski definition) is 6. The average Bonchev–Trinajstić information content (AvgIpc) is 3.37. The van der Waals surface area contributed by atoms with Crippen LogP contribution in [-0.4, -0.2) is 37.2 Å². The zero-order chi connectivity index (χ0) is 51.4. The highest BCUT2D eigenvalue weighted by Crippen LogP contribution is 2.17. The Hall–Kier alpha value is -2.37. The summed E-state index contributed by atoms with van der Waals surface area (Å²) in [4.78, 5) is 38.2. The molecule has 0 aliphatic carbocycles. The van der Waals surface area contributed by atoms with Crippen LogP contribution in [0.4, 0.5) is 0 Å². The molecule has 6 nitrogen and oxygen atoms in total. The van der Waals surface area contributed by atoms with E-state index in [2.05, 4.69) is 57.2 Å². The molecule has 0 rings (SSSR count). The number of allylic oxidation sites excluding steroid dienone is 6. The van der Waals surface area contributed by atoms with Gasteiger partial charge in [-0.3, -0.25) is 14.4 Å². The zero-order valence-corrected chi connectivity index (χ0v) is 47.8. The topological polar surface area (TPSA) is 78.9 Å². The monoisotopic (exact) mass is 997 g/mol. The van der Waals surface area contributed by atoms with Gasteiger partial charge in [0.25, 0.3) is 0 Å². The van der Waals surface area contributed by atoms with Gasteiger partial charge in [-0.2, -0.15) is 0 Å². The fourth-order valence-corrected chi connectivity index (χ4v) is 9.36. The summed E-state index contributed by atoms with van der Waals surface area (Å²) < 4.78 is 16.9. The molecule has 0 fully saturated rings.